The topological polar surface area (TPSA) is 83.3 Å². The molecule has 0 radical (unpaired) electrons. The van der Waals surface area contributed by atoms with Crippen molar-refractivity contribution < 1.29 is 9.90 Å². The van der Waals surface area contributed by atoms with E-state index in [-0.39, 0.29) is 18.9 Å². The second-order valence-electron chi connectivity index (χ2n) is 6.14. The highest BCUT2D eigenvalue weighted by atomic mass is 35.5. The van der Waals surface area contributed by atoms with Crippen molar-refractivity contribution in [2.24, 2.45) is 0 Å². The minimum Gasteiger partial charge on any atom is -0.395 e. The first kappa shape index (κ1) is 17.7. The zero-order valence-corrected chi connectivity index (χ0v) is 15.2. The van der Waals surface area contributed by atoms with Crippen LogP contribution >= 0.6 is 11.6 Å². The van der Waals surface area contributed by atoms with Crippen molar-refractivity contribution in [2.45, 2.75) is 13.0 Å². The summed E-state index contributed by atoms with van der Waals surface area (Å²) in [6.45, 7) is 0.910. The predicted octanol–water partition coefficient (Wildman–Crippen LogP) is 2.22. The van der Waals surface area contributed by atoms with Gasteiger partial charge in [-0.25, -0.2) is 0 Å². The number of fused-ring (bicyclic) bond motifs is 3. The van der Waals surface area contributed by atoms with Crippen LogP contribution in [0.2, 0.25) is 5.02 Å². The van der Waals surface area contributed by atoms with Crippen molar-refractivity contribution in [3.8, 4) is 5.69 Å². The van der Waals surface area contributed by atoms with Crippen LogP contribution in [0.25, 0.3) is 5.69 Å². The first-order valence-corrected chi connectivity index (χ1v) is 8.99. The van der Waals surface area contributed by atoms with E-state index >= 15 is 0 Å². The number of carbonyl (C=O) groups is 1. The minimum absolute atomic E-state index is 0.0352. The Morgan fingerprint density at radius 3 is 2.70 bits per heavy atom. The number of aliphatic hydroxyl groups excluding tert-OH is 1. The number of aromatic nitrogens is 3. The molecule has 3 aromatic rings. The van der Waals surface area contributed by atoms with Crippen LogP contribution in [0.3, 0.4) is 0 Å². The van der Waals surface area contributed by atoms with Crippen molar-refractivity contribution >= 4 is 28.9 Å². The van der Waals surface area contributed by atoms with Gasteiger partial charge in [-0.3, -0.25) is 14.3 Å². The second kappa shape index (κ2) is 7.48. The van der Waals surface area contributed by atoms with Gasteiger partial charge < -0.3 is 10.4 Å². The highest BCUT2D eigenvalue weighted by Crippen LogP contribution is 2.37. The summed E-state index contributed by atoms with van der Waals surface area (Å²) in [6.07, 6.45) is 0.119. The van der Waals surface area contributed by atoms with Gasteiger partial charge >= 0.3 is 0 Å². The molecule has 27 heavy (non-hydrogen) atoms. The summed E-state index contributed by atoms with van der Waals surface area (Å²) in [7, 11) is 0. The molecule has 0 atom stereocenters. The lowest BCUT2D eigenvalue weighted by atomic mass is 10.2. The predicted molar refractivity (Wildman–Crippen MR) is 102 cm³/mol. The van der Waals surface area contributed by atoms with Crippen LogP contribution in [-0.4, -0.2) is 38.9 Å². The zero-order chi connectivity index (χ0) is 18.8. The molecule has 1 aliphatic heterocycles. The lowest BCUT2D eigenvalue weighted by Crippen LogP contribution is -2.26. The number of nitrogens with one attached hydrogen (secondary N) is 1. The number of rotatable bonds is 5. The van der Waals surface area contributed by atoms with Gasteiger partial charge in [0.25, 0.3) is 0 Å². The Kier molecular flexibility index (Phi) is 4.89. The number of hydrogen-bond acceptors (Lipinski definition) is 5. The molecule has 2 aromatic carbocycles. The van der Waals surface area contributed by atoms with Crippen molar-refractivity contribution in [1.29, 1.82) is 0 Å². The van der Waals surface area contributed by atoms with Gasteiger partial charge in [-0.05, 0) is 30.3 Å². The van der Waals surface area contributed by atoms with Crippen LogP contribution in [0.5, 0.6) is 0 Å². The molecule has 0 saturated heterocycles. The first-order chi connectivity index (χ1) is 13.2. The number of hydrogen-bond donors (Lipinski definition) is 2. The van der Waals surface area contributed by atoms with E-state index in [0.29, 0.717) is 35.4 Å². The molecular formula is C19H18ClN5O2. The Balaban J connectivity index is 1.87. The molecule has 2 heterocycles. The van der Waals surface area contributed by atoms with Gasteiger partial charge in [-0.1, -0.05) is 29.8 Å². The molecule has 0 spiro atoms. The van der Waals surface area contributed by atoms with Crippen molar-refractivity contribution in [3.05, 3.63) is 65.2 Å². The van der Waals surface area contributed by atoms with Crippen LogP contribution in [-0.2, 0) is 17.8 Å². The summed E-state index contributed by atoms with van der Waals surface area (Å²) >= 11 is 6.26. The zero-order valence-electron chi connectivity index (χ0n) is 14.5. The lowest BCUT2D eigenvalue weighted by Gasteiger charge is -2.23. The molecule has 4 rings (SSSR count). The summed E-state index contributed by atoms with van der Waals surface area (Å²) in [4.78, 5) is 14.7. The highest BCUT2D eigenvalue weighted by molar-refractivity contribution is 6.31. The average Bonchev–Trinajstić information content (AvgIpc) is 3.00. The Labute approximate surface area is 161 Å². The Morgan fingerprint density at radius 2 is 1.93 bits per heavy atom. The van der Waals surface area contributed by atoms with E-state index in [9.17, 15) is 4.79 Å². The maximum Gasteiger partial charge on any atom is 0.239 e. The summed E-state index contributed by atoms with van der Waals surface area (Å²) in [5.41, 5.74) is 2.24. The number of halogens is 1. The molecule has 0 bridgehead atoms. The van der Waals surface area contributed by atoms with Crippen LogP contribution in [0.1, 0.15) is 11.6 Å². The molecular weight excluding hydrogens is 366 g/mol. The minimum atomic E-state index is -0.106. The van der Waals surface area contributed by atoms with E-state index in [4.69, 9.17) is 16.7 Å². The van der Waals surface area contributed by atoms with Crippen molar-refractivity contribution in [3.63, 3.8) is 0 Å². The van der Waals surface area contributed by atoms with Crippen LogP contribution in [0.15, 0.2) is 48.5 Å². The molecule has 0 fully saturated rings. The van der Waals surface area contributed by atoms with Gasteiger partial charge in [0, 0.05) is 17.3 Å². The van der Waals surface area contributed by atoms with E-state index in [1.165, 1.54) is 0 Å². The maximum atomic E-state index is 13.1. The number of amides is 1. The fourth-order valence-electron chi connectivity index (χ4n) is 3.21. The molecule has 1 aromatic heterocycles. The summed E-state index contributed by atoms with van der Waals surface area (Å²) in [6, 6.07) is 14.9. The quantitative estimate of drug-likeness (QED) is 0.660. The van der Waals surface area contributed by atoms with Crippen LogP contribution in [0, 0.1) is 0 Å². The molecule has 8 heteroatoms. The SMILES string of the molecule is O=C1Cc2nnc(CNCCO)n2-c2ccc(Cl)cc2N1c1ccccc1. The third-order valence-electron chi connectivity index (χ3n) is 4.36. The van der Waals surface area contributed by atoms with Gasteiger partial charge in [0.1, 0.15) is 5.82 Å². The monoisotopic (exact) mass is 383 g/mol. The van der Waals surface area contributed by atoms with E-state index in [1.807, 2.05) is 41.0 Å². The average molecular weight is 384 g/mol. The Bertz CT molecular complexity index is 973. The smallest absolute Gasteiger partial charge is 0.239 e. The van der Waals surface area contributed by atoms with E-state index in [1.54, 1.807) is 17.0 Å². The summed E-state index contributed by atoms with van der Waals surface area (Å²) in [5, 5.41) is 21.1. The van der Waals surface area contributed by atoms with Crippen molar-refractivity contribution in [2.75, 3.05) is 18.1 Å². The van der Waals surface area contributed by atoms with Gasteiger partial charge in [-0.15, -0.1) is 10.2 Å². The fourth-order valence-corrected chi connectivity index (χ4v) is 3.38. The summed E-state index contributed by atoms with van der Waals surface area (Å²) in [5.74, 6) is 1.14. The molecule has 0 saturated carbocycles. The molecule has 1 amide bonds. The van der Waals surface area contributed by atoms with Gasteiger partial charge in [-0.2, -0.15) is 0 Å². The second-order valence-corrected chi connectivity index (χ2v) is 6.58. The Morgan fingerprint density at radius 1 is 1.11 bits per heavy atom. The van der Waals surface area contributed by atoms with Crippen molar-refractivity contribution in [1.82, 2.24) is 20.1 Å². The van der Waals surface area contributed by atoms with E-state index in [2.05, 4.69) is 15.5 Å². The van der Waals surface area contributed by atoms with Gasteiger partial charge in [0.2, 0.25) is 5.91 Å². The third kappa shape index (κ3) is 3.32. The number of carbonyl (C=O) groups excluding carboxylic acids is 1. The molecule has 1 aliphatic rings. The third-order valence-corrected chi connectivity index (χ3v) is 4.60. The number of benzene rings is 2. The molecule has 2 N–H and O–H groups in total. The van der Waals surface area contributed by atoms with Gasteiger partial charge in [0.05, 0.1) is 30.9 Å². The van der Waals surface area contributed by atoms with E-state index in [0.717, 1.165) is 11.4 Å². The largest absolute Gasteiger partial charge is 0.395 e. The normalized spacial score (nSPS) is 13.3. The Hall–Kier alpha value is -2.74. The molecule has 0 aliphatic carbocycles. The standard InChI is InChI=1S/C19H18ClN5O2/c20-13-6-7-15-16(10-13)24(14-4-2-1-3-5-14)19(27)11-17-22-23-18(25(15)17)12-21-8-9-26/h1-7,10,21,26H,8-9,11-12H2. The molecule has 138 valence electrons. The highest BCUT2D eigenvalue weighted by Gasteiger charge is 2.30. The number of nitrogens with zero attached hydrogens (tertiary/aromatic N) is 4. The number of aliphatic hydroxyl groups is 1. The lowest BCUT2D eigenvalue weighted by molar-refractivity contribution is -0.117. The fraction of sp³-hybridized carbons (Fsp3) is 0.211. The van der Waals surface area contributed by atoms with E-state index < -0.39 is 0 Å². The molecule has 0 unspecified atom stereocenters. The van der Waals surface area contributed by atoms with Gasteiger partial charge in [0.15, 0.2) is 5.82 Å². The molecule has 7 nitrogen and oxygen atoms in total. The maximum absolute atomic E-state index is 13.1. The first-order valence-electron chi connectivity index (χ1n) is 8.61. The number of para-hydroxylation sites is 1. The van der Waals surface area contributed by atoms with Crippen LogP contribution < -0.4 is 10.2 Å². The summed E-state index contributed by atoms with van der Waals surface area (Å²) < 4.78 is 1.89. The van der Waals surface area contributed by atoms with Crippen LogP contribution in [0.4, 0.5) is 11.4 Å². The number of anilines is 2.